The molecule has 1 rings (SSSR count). The zero-order chi connectivity index (χ0) is 17.8. The van der Waals surface area contributed by atoms with Gasteiger partial charge in [-0.3, -0.25) is 5.32 Å². The lowest BCUT2D eigenvalue weighted by atomic mass is 9.94. The predicted molar refractivity (Wildman–Crippen MR) is 75.2 cm³/mol. The number of halogens is 4. The summed E-state index contributed by atoms with van der Waals surface area (Å²) in [6, 6.07) is 4.43. The Bertz CT molecular complexity index is 540. The fourth-order valence-corrected chi connectivity index (χ4v) is 1.92. The lowest BCUT2D eigenvalue weighted by Crippen LogP contribution is -2.41. The fourth-order valence-electron chi connectivity index (χ4n) is 1.92. The van der Waals surface area contributed by atoms with Gasteiger partial charge in [0.2, 0.25) is 0 Å². The molecule has 0 aromatic heterocycles. The number of hydrogen-bond donors (Lipinski definition) is 2. The van der Waals surface area contributed by atoms with E-state index in [4.69, 9.17) is 4.74 Å². The maximum atomic E-state index is 13.6. The van der Waals surface area contributed by atoms with Crippen LogP contribution in [0.3, 0.4) is 0 Å². The number of hydrogen-bond acceptors (Lipinski definition) is 3. The normalized spacial score (nSPS) is 15.0. The van der Waals surface area contributed by atoms with Crippen molar-refractivity contribution in [1.82, 2.24) is 5.32 Å². The van der Waals surface area contributed by atoms with Gasteiger partial charge in [-0.25, -0.2) is 9.18 Å². The Morgan fingerprint density at radius 3 is 2.30 bits per heavy atom. The molecule has 0 aliphatic rings. The quantitative estimate of drug-likeness (QED) is 0.650. The minimum atomic E-state index is -4.78. The zero-order valence-corrected chi connectivity index (χ0v) is 12.9. The maximum absolute atomic E-state index is 13.6. The highest BCUT2D eigenvalue weighted by Gasteiger charge is 2.43. The van der Waals surface area contributed by atoms with Crippen LogP contribution in [0.25, 0.3) is 0 Å². The summed E-state index contributed by atoms with van der Waals surface area (Å²) in [5, 5.41) is 11.6. The molecule has 1 aromatic rings. The standard InChI is InChI=1S/C15H19F4NO3/c1-14(2,3)23-13(22)20-12(21)8-10(15(17,18)19)9-6-4-5-7-11(9)16/h4-7,10,12,21H,8H2,1-3H3,(H,20,22). The van der Waals surface area contributed by atoms with E-state index in [1.54, 1.807) is 20.8 Å². The maximum Gasteiger partial charge on any atom is 0.409 e. The van der Waals surface area contributed by atoms with Crippen molar-refractivity contribution in [3.8, 4) is 0 Å². The van der Waals surface area contributed by atoms with Gasteiger partial charge >= 0.3 is 12.3 Å². The molecule has 4 nitrogen and oxygen atoms in total. The van der Waals surface area contributed by atoms with E-state index in [-0.39, 0.29) is 0 Å². The van der Waals surface area contributed by atoms with Crippen molar-refractivity contribution in [1.29, 1.82) is 0 Å². The van der Waals surface area contributed by atoms with E-state index in [1.807, 2.05) is 5.32 Å². The van der Waals surface area contributed by atoms with Crippen molar-refractivity contribution >= 4 is 6.09 Å². The summed E-state index contributed by atoms with van der Waals surface area (Å²) in [5.74, 6) is -3.28. The molecule has 2 N–H and O–H groups in total. The van der Waals surface area contributed by atoms with Crippen LogP contribution in [0.1, 0.15) is 38.7 Å². The molecule has 23 heavy (non-hydrogen) atoms. The third-order valence-corrected chi connectivity index (χ3v) is 2.82. The molecule has 0 saturated carbocycles. The number of carbonyl (C=O) groups is 1. The number of alkyl carbamates (subject to hydrolysis) is 1. The van der Waals surface area contributed by atoms with E-state index in [0.29, 0.717) is 0 Å². The second-order valence-electron chi connectivity index (χ2n) is 6.01. The van der Waals surface area contributed by atoms with Crippen LogP contribution in [0.4, 0.5) is 22.4 Å². The van der Waals surface area contributed by atoms with Gasteiger partial charge in [-0.15, -0.1) is 0 Å². The Kier molecular flexibility index (Phi) is 5.98. The van der Waals surface area contributed by atoms with Crippen molar-refractivity contribution < 1.29 is 32.2 Å². The largest absolute Gasteiger partial charge is 0.444 e. The number of carbonyl (C=O) groups excluding carboxylic acids is 1. The average Bonchev–Trinajstić information content (AvgIpc) is 2.33. The van der Waals surface area contributed by atoms with E-state index in [2.05, 4.69) is 0 Å². The minimum Gasteiger partial charge on any atom is -0.444 e. The summed E-state index contributed by atoms with van der Waals surface area (Å²) < 4.78 is 57.9. The van der Waals surface area contributed by atoms with Gasteiger partial charge in [-0.2, -0.15) is 13.2 Å². The first-order chi connectivity index (χ1) is 10.4. The predicted octanol–water partition coefficient (Wildman–Crippen LogP) is 3.70. The lowest BCUT2D eigenvalue weighted by Gasteiger charge is -2.25. The van der Waals surface area contributed by atoms with Crippen LogP contribution in [-0.4, -0.2) is 29.2 Å². The molecule has 0 spiro atoms. The van der Waals surface area contributed by atoms with Gasteiger partial charge in [0.05, 0.1) is 5.92 Å². The van der Waals surface area contributed by atoms with Gasteiger partial charge in [-0.1, -0.05) is 18.2 Å². The van der Waals surface area contributed by atoms with Crippen LogP contribution in [0.5, 0.6) is 0 Å². The van der Waals surface area contributed by atoms with Crippen molar-refractivity contribution in [3.63, 3.8) is 0 Å². The molecule has 0 aliphatic heterocycles. The monoisotopic (exact) mass is 337 g/mol. The highest BCUT2D eigenvalue weighted by molar-refractivity contribution is 5.67. The molecule has 2 atom stereocenters. The van der Waals surface area contributed by atoms with Gasteiger partial charge in [0.25, 0.3) is 0 Å². The van der Waals surface area contributed by atoms with Crippen molar-refractivity contribution in [2.45, 2.75) is 51.1 Å². The molecule has 130 valence electrons. The number of alkyl halides is 3. The average molecular weight is 337 g/mol. The van der Waals surface area contributed by atoms with Gasteiger partial charge in [0.1, 0.15) is 17.6 Å². The Balaban J connectivity index is 2.83. The Hall–Kier alpha value is -1.83. The number of amides is 1. The molecule has 0 aliphatic carbocycles. The second kappa shape index (κ2) is 7.16. The molecule has 0 saturated heterocycles. The summed E-state index contributed by atoms with van der Waals surface area (Å²) in [4.78, 5) is 11.5. The fraction of sp³-hybridized carbons (Fsp3) is 0.533. The van der Waals surface area contributed by atoms with Crippen LogP contribution in [0.15, 0.2) is 24.3 Å². The molecular weight excluding hydrogens is 318 g/mol. The molecule has 0 fully saturated rings. The minimum absolute atomic E-state index is 0.593. The van der Waals surface area contributed by atoms with E-state index < -0.39 is 47.8 Å². The van der Waals surface area contributed by atoms with Gasteiger partial charge in [-0.05, 0) is 26.8 Å². The van der Waals surface area contributed by atoms with E-state index in [0.717, 1.165) is 12.1 Å². The summed E-state index contributed by atoms with van der Waals surface area (Å²) in [5.41, 5.74) is -1.45. The summed E-state index contributed by atoms with van der Waals surface area (Å²) in [6.07, 6.45) is -8.60. The Labute approximate surface area is 131 Å². The zero-order valence-electron chi connectivity index (χ0n) is 12.9. The molecule has 0 radical (unpaired) electrons. The van der Waals surface area contributed by atoms with Crippen LogP contribution >= 0.6 is 0 Å². The SMILES string of the molecule is CC(C)(C)OC(=O)NC(O)CC(c1ccccc1F)C(F)(F)F. The number of nitrogens with one attached hydrogen (secondary N) is 1. The van der Waals surface area contributed by atoms with E-state index >= 15 is 0 Å². The number of rotatable bonds is 4. The summed E-state index contributed by atoms with van der Waals surface area (Å²) in [6.45, 7) is 4.70. The number of aliphatic hydroxyl groups is 1. The molecule has 1 amide bonds. The summed E-state index contributed by atoms with van der Waals surface area (Å²) >= 11 is 0. The molecule has 0 bridgehead atoms. The molecule has 8 heteroatoms. The summed E-state index contributed by atoms with van der Waals surface area (Å²) in [7, 11) is 0. The third-order valence-electron chi connectivity index (χ3n) is 2.82. The molecule has 2 unspecified atom stereocenters. The number of benzene rings is 1. The first-order valence-electron chi connectivity index (χ1n) is 6.89. The lowest BCUT2D eigenvalue weighted by molar-refractivity contribution is -0.158. The number of ether oxygens (including phenoxy) is 1. The second-order valence-corrected chi connectivity index (χ2v) is 6.01. The Morgan fingerprint density at radius 1 is 1.26 bits per heavy atom. The number of aliphatic hydroxyl groups excluding tert-OH is 1. The highest BCUT2D eigenvalue weighted by atomic mass is 19.4. The molecular formula is C15H19F4NO3. The first-order valence-corrected chi connectivity index (χ1v) is 6.89. The Morgan fingerprint density at radius 2 is 1.83 bits per heavy atom. The first kappa shape index (κ1) is 19.2. The smallest absolute Gasteiger partial charge is 0.409 e. The van der Waals surface area contributed by atoms with E-state index in [9.17, 15) is 27.5 Å². The van der Waals surface area contributed by atoms with Crippen LogP contribution in [-0.2, 0) is 4.74 Å². The van der Waals surface area contributed by atoms with Crippen LogP contribution < -0.4 is 5.32 Å². The third kappa shape index (κ3) is 6.43. The molecule has 0 heterocycles. The highest BCUT2D eigenvalue weighted by Crippen LogP contribution is 2.39. The van der Waals surface area contributed by atoms with Crippen molar-refractivity contribution in [2.24, 2.45) is 0 Å². The molecule has 1 aromatic carbocycles. The van der Waals surface area contributed by atoms with Gasteiger partial charge in [0.15, 0.2) is 0 Å². The van der Waals surface area contributed by atoms with Gasteiger partial charge < -0.3 is 9.84 Å². The van der Waals surface area contributed by atoms with Gasteiger partial charge in [0, 0.05) is 12.0 Å². The van der Waals surface area contributed by atoms with Crippen molar-refractivity contribution in [2.75, 3.05) is 0 Å². The topological polar surface area (TPSA) is 58.6 Å². The van der Waals surface area contributed by atoms with Crippen LogP contribution in [0, 0.1) is 5.82 Å². The van der Waals surface area contributed by atoms with Crippen LogP contribution in [0.2, 0.25) is 0 Å². The van der Waals surface area contributed by atoms with E-state index in [1.165, 1.54) is 12.1 Å². The van der Waals surface area contributed by atoms with Crippen molar-refractivity contribution in [3.05, 3.63) is 35.6 Å².